The van der Waals surface area contributed by atoms with Crippen molar-refractivity contribution in [3.8, 4) is 0 Å². The van der Waals surface area contributed by atoms with Crippen molar-refractivity contribution in [3.63, 3.8) is 0 Å². The molecule has 0 saturated carbocycles. The summed E-state index contributed by atoms with van der Waals surface area (Å²) in [6, 6.07) is 37.8. The lowest BCUT2D eigenvalue weighted by Gasteiger charge is -2.54. The van der Waals surface area contributed by atoms with Gasteiger partial charge >= 0.3 is 5.97 Å². The normalized spacial score (nSPS) is 19.5. The van der Waals surface area contributed by atoms with Gasteiger partial charge in [0.25, 0.3) is 5.92 Å². The zero-order valence-electron chi connectivity index (χ0n) is 44.0. The maximum atomic E-state index is 18.1. The molecule has 72 heavy (non-hydrogen) atoms. The first-order chi connectivity index (χ1) is 35.0. The van der Waals surface area contributed by atoms with Crippen LogP contribution in [0, 0.1) is 5.92 Å². The average molecular weight is 997 g/mol. The Hall–Kier alpha value is -4.52. The second kappa shape index (κ2) is 32.6. The van der Waals surface area contributed by atoms with Gasteiger partial charge in [0.15, 0.2) is 5.60 Å². The van der Waals surface area contributed by atoms with Crippen molar-refractivity contribution in [1.82, 2.24) is 10.2 Å². The van der Waals surface area contributed by atoms with Crippen molar-refractivity contribution in [2.24, 2.45) is 5.92 Å². The van der Waals surface area contributed by atoms with E-state index >= 15 is 8.78 Å². The third-order valence-corrected chi connectivity index (χ3v) is 14.3. The predicted molar refractivity (Wildman–Crippen MR) is 283 cm³/mol. The summed E-state index contributed by atoms with van der Waals surface area (Å²) in [5.41, 5.74) is 1.31. The van der Waals surface area contributed by atoms with Crippen LogP contribution in [0.3, 0.4) is 0 Å². The Morgan fingerprint density at radius 1 is 0.653 bits per heavy atom. The van der Waals surface area contributed by atoms with Gasteiger partial charge < -0.3 is 33.9 Å². The lowest BCUT2D eigenvalue weighted by molar-refractivity contribution is -0.336. The second-order valence-electron chi connectivity index (χ2n) is 20.0. The molecule has 1 heterocycles. The van der Waals surface area contributed by atoms with Gasteiger partial charge in [-0.25, -0.2) is 8.78 Å². The number of esters is 1. The zero-order valence-corrected chi connectivity index (χ0v) is 44.0. The van der Waals surface area contributed by atoms with Crippen molar-refractivity contribution in [3.05, 3.63) is 144 Å². The van der Waals surface area contributed by atoms with E-state index in [0.29, 0.717) is 25.7 Å². The minimum atomic E-state index is -3.62. The molecule has 396 valence electrons. The highest BCUT2D eigenvalue weighted by molar-refractivity contribution is 5.76. The Labute approximate surface area is 431 Å². The Bertz CT molecular complexity index is 2050. The maximum Gasteiger partial charge on any atom is 0.323 e. The van der Waals surface area contributed by atoms with E-state index in [2.05, 4.69) is 12.2 Å². The summed E-state index contributed by atoms with van der Waals surface area (Å²) in [5, 5.41) is 3.06. The number of nitrogens with one attached hydrogen (secondary N) is 1. The van der Waals surface area contributed by atoms with E-state index in [0.717, 1.165) is 41.5 Å². The molecule has 0 aromatic heterocycles. The topological polar surface area (TPSA) is 95.6 Å². The summed E-state index contributed by atoms with van der Waals surface area (Å²) in [4.78, 5) is 28.8. The summed E-state index contributed by atoms with van der Waals surface area (Å²) >= 11 is 0. The molecular formula is C61H86F2N2O7. The molecule has 9 nitrogen and oxygen atoms in total. The third kappa shape index (κ3) is 19.7. The molecule has 0 bridgehead atoms. The number of amides is 1. The molecule has 11 heteroatoms. The fourth-order valence-corrected chi connectivity index (χ4v) is 9.66. The summed E-state index contributed by atoms with van der Waals surface area (Å²) in [7, 11) is 1.71. The Morgan fingerprint density at radius 2 is 1.12 bits per heavy atom. The molecule has 4 aromatic rings. The Morgan fingerprint density at radius 3 is 1.64 bits per heavy atom. The van der Waals surface area contributed by atoms with Gasteiger partial charge in [-0.05, 0) is 61.9 Å². The van der Waals surface area contributed by atoms with Crippen LogP contribution in [-0.2, 0) is 59.7 Å². The fraction of sp³-hybridized carbons (Fsp3) is 0.574. The lowest BCUT2D eigenvalue weighted by atomic mass is 9.77. The number of rotatable bonds is 36. The number of carbonyl (C=O) groups excluding carboxylic acids is 2. The molecule has 5 rings (SSSR count). The molecule has 0 spiro atoms. The molecule has 1 saturated heterocycles. The molecule has 1 aliphatic heterocycles. The quantitative estimate of drug-likeness (QED) is 0.0356. The zero-order chi connectivity index (χ0) is 51.3. The molecule has 1 fully saturated rings. The molecule has 0 radical (unpaired) electrons. The highest BCUT2D eigenvalue weighted by Crippen LogP contribution is 2.46. The van der Waals surface area contributed by atoms with Crippen LogP contribution in [0.2, 0.25) is 0 Å². The minimum absolute atomic E-state index is 0.0421. The Kier molecular flexibility index (Phi) is 26.4. The number of unbranched alkanes of at least 4 members (excludes halogenated alkanes) is 13. The standard InChI is InChI=1S/C61H86F2N2O7/c1-5-6-7-8-9-10-11-12-13-14-15-16-29-41-56(66)65(42-31-30-40-54(64-4)59(67)71-46-53-38-27-20-28-39-53)48-61(62,63)60(3)58(70-45-52-36-25-19-26-37-52)57(69-44-51-34-23-18-24-35-51)49(2)55(72-60)47-68-43-50-32-21-17-22-33-50/h17-28,32-39,49,54-55,57-58,64H,5-16,29-31,40-48H2,1-4H3/t49-,54-,55+,57-,58+,60+/m0/s1. The molecule has 0 aliphatic carbocycles. The largest absolute Gasteiger partial charge is 0.460 e. The predicted octanol–water partition coefficient (Wildman–Crippen LogP) is 13.6. The van der Waals surface area contributed by atoms with E-state index in [1.165, 1.54) is 69.6 Å². The summed E-state index contributed by atoms with van der Waals surface area (Å²) in [5.74, 6) is -4.74. The first-order valence-electron chi connectivity index (χ1n) is 27.2. The number of benzene rings is 4. The van der Waals surface area contributed by atoms with Crippen LogP contribution in [0.1, 0.15) is 152 Å². The highest BCUT2D eigenvalue weighted by Gasteiger charge is 2.64. The number of carbonyl (C=O) groups is 2. The molecule has 0 unspecified atom stereocenters. The first kappa shape index (κ1) is 58.4. The van der Waals surface area contributed by atoms with Crippen molar-refractivity contribution >= 4 is 11.9 Å². The Balaban J connectivity index is 1.33. The number of ether oxygens (including phenoxy) is 5. The molecule has 4 aromatic carbocycles. The number of likely N-dealkylation sites (N-methyl/N-ethyl adjacent to an activating group) is 1. The third-order valence-electron chi connectivity index (χ3n) is 14.3. The van der Waals surface area contributed by atoms with Gasteiger partial charge in [-0.15, -0.1) is 0 Å². The van der Waals surface area contributed by atoms with Gasteiger partial charge in [-0.1, -0.05) is 212 Å². The molecule has 6 atom stereocenters. The molecule has 1 aliphatic rings. The monoisotopic (exact) mass is 997 g/mol. The highest BCUT2D eigenvalue weighted by atomic mass is 19.3. The number of hydrogen-bond donors (Lipinski definition) is 1. The van der Waals surface area contributed by atoms with Crippen molar-refractivity contribution in [2.45, 2.75) is 192 Å². The fourth-order valence-electron chi connectivity index (χ4n) is 9.66. The van der Waals surface area contributed by atoms with Crippen LogP contribution in [-0.4, -0.2) is 79.4 Å². The lowest BCUT2D eigenvalue weighted by Crippen LogP contribution is -2.71. The summed E-state index contributed by atoms with van der Waals surface area (Å²) < 4.78 is 68.0. The van der Waals surface area contributed by atoms with Crippen molar-refractivity contribution in [2.75, 3.05) is 26.7 Å². The minimum Gasteiger partial charge on any atom is -0.460 e. The van der Waals surface area contributed by atoms with E-state index < -0.39 is 48.3 Å². The van der Waals surface area contributed by atoms with Gasteiger partial charge in [-0.3, -0.25) is 9.59 Å². The van der Waals surface area contributed by atoms with E-state index in [1.54, 1.807) is 7.05 Å². The van der Waals surface area contributed by atoms with E-state index in [-0.39, 0.29) is 57.9 Å². The SMILES string of the molecule is CCCCCCCCCCCCCCCC(=O)N(CCCC[C@H](NC)C(=O)OCc1ccccc1)CC(F)(F)[C@]1(C)O[C@H](COCc2ccccc2)[C@H](C)[C@H](OCc2ccccc2)[C@H]1OCc1ccccc1. The van der Waals surface area contributed by atoms with E-state index in [1.807, 2.05) is 128 Å². The average Bonchev–Trinajstić information content (AvgIpc) is 3.40. The van der Waals surface area contributed by atoms with Gasteiger partial charge in [0.2, 0.25) is 5.91 Å². The van der Waals surface area contributed by atoms with Crippen LogP contribution in [0.5, 0.6) is 0 Å². The maximum absolute atomic E-state index is 18.1. The second-order valence-corrected chi connectivity index (χ2v) is 20.0. The van der Waals surface area contributed by atoms with Gasteiger partial charge in [0.1, 0.15) is 18.8 Å². The summed E-state index contributed by atoms with van der Waals surface area (Å²) in [6.45, 7) is 5.53. The van der Waals surface area contributed by atoms with Crippen molar-refractivity contribution in [1.29, 1.82) is 0 Å². The number of alkyl halides is 2. The van der Waals surface area contributed by atoms with E-state index in [9.17, 15) is 9.59 Å². The van der Waals surface area contributed by atoms with Crippen LogP contribution in [0.25, 0.3) is 0 Å². The number of nitrogens with zero attached hydrogens (tertiary/aromatic N) is 1. The molecule has 1 amide bonds. The van der Waals surface area contributed by atoms with E-state index in [4.69, 9.17) is 23.7 Å². The smallest absolute Gasteiger partial charge is 0.323 e. The van der Waals surface area contributed by atoms with Crippen LogP contribution >= 0.6 is 0 Å². The van der Waals surface area contributed by atoms with Gasteiger partial charge in [0, 0.05) is 18.9 Å². The summed E-state index contributed by atoms with van der Waals surface area (Å²) in [6.07, 6.45) is 13.7. The van der Waals surface area contributed by atoms with Crippen molar-refractivity contribution < 1.29 is 42.1 Å². The van der Waals surface area contributed by atoms with Crippen LogP contribution in [0.4, 0.5) is 8.78 Å². The van der Waals surface area contributed by atoms with Gasteiger partial charge in [0.05, 0.1) is 45.2 Å². The van der Waals surface area contributed by atoms with Gasteiger partial charge in [-0.2, -0.15) is 0 Å². The number of hydrogen-bond acceptors (Lipinski definition) is 8. The molecule has 1 N–H and O–H groups in total. The first-order valence-corrected chi connectivity index (χ1v) is 27.2. The van der Waals surface area contributed by atoms with Crippen LogP contribution < -0.4 is 5.32 Å². The molecular weight excluding hydrogens is 911 g/mol. The number of halogens is 2. The van der Waals surface area contributed by atoms with Crippen LogP contribution in [0.15, 0.2) is 121 Å².